The van der Waals surface area contributed by atoms with Crippen LogP contribution in [0.3, 0.4) is 0 Å². The summed E-state index contributed by atoms with van der Waals surface area (Å²) in [5.41, 5.74) is 5.72. The van der Waals surface area contributed by atoms with E-state index in [0.717, 1.165) is 6.42 Å². The van der Waals surface area contributed by atoms with E-state index in [9.17, 15) is 4.79 Å². The number of hydrogen-bond donors (Lipinski definition) is 3. The van der Waals surface area contributed by atoms with Crippen molar-refractivity contribution in [1.82, 2.24) is 14.8 Å². The van der Waals surface area contributed by atoms with Crippen molar-refractivity contribution in [3.8, 4) is 11.4 Å². The van der Waals surface area contributed by atoms with E-state index in [4.69, 9.17) is 10.8 Å². The summed E-state index contributed by atoms with van der Waals surface area (Å²) in [6.07, 6.45) is 1.43. The van der Waals surface area contributed by atoms with Crippen LogP contribution < -0.4 is 11.4 Å². The number of H-pyrrole nitrogens is 1. The number of hydrogen-bond acceptors (Lipinski definition) is 4. The van der Waals surface area contributed by atoms with Crippen molar-refractivity contribution in [2.75, 3.05) is 6.54 Å². The van der Waals surface area contributed by atoms with Crippen LogP contribution in [0.15, 0.2) is 29.1 Å². The molecule has 0 aliphatic rings. The highest BCUT2D eigenvalue weighted by Crippen LogP contribution is 2.11. The highest BCUT2D eigenvalue weighted by atomic mass is 16.3. The number of aromatic amines is 1. The van der Waals surface area contributed by atoms with E-state index in [1.165, 1.54) is 16.8 Å². The molecule has 1 heterocycles. The summed E-state index contributed by atoms with van der Waals surface area (Å²) in [5.74, 6) is 0.772. The van der Waals surface area contributed by atoms with Gasteiger partial charge in [-0.2, -0.15) is 9.78 Å². The fourth-order valence-electron chi connectivity index (χ4n) is 1.52. The zero-order chi connectivity index (χ0) is 12.3. The largest absolute Gasteiger partial charge is 0.508 e. The number of benzene rings is 1. The minimum absolute atomic E-state index is 0.153. The number of phenols is 1. The lowest BCUT2D eigenvalue weighted by molar-refractivity contribution is 0.475. The number of nitrogens with zero attached hydrogens (tertiary/aromatic N) is 2. The second-order valence-corrected chi connectivity index (χ2v) is 3.70. The molecule has 6 nitrogen and oxygen atoms in total. The van der Waals surface area contributed by atoms with Crippen molar-refractivity contribution in [3.63, 3.8) is 0 Å². The second kappa shape index (κ2) is 4.84. The molecule has 0 atom stereocenters. The van der Waals surface area contributed by atoms with E-state index in [1.807, 2.05) is 0 Å². The molecule has 0 saturated heterocycles. The van der Waals surface area contributed by atoms with Crippen LogP contribution in [0, 0.1) is 0 Å². The van der Waals surface area contributed by atoms with Crippen LogP contribution in [0.4, 0.5) is 0 Å². The van der Waals surface area contributed by atoms with Gasteiger partial charge in [-0.1, -0.05) is 0 Å². The Morgan fingerprint density at radius 3 is 2.71 bits per heavy atom. The molecule has 0 saturated carbocycles. The third-order valence-corrected chi connectivity index (χ3v) is 2.38. The molecule has 4 N–H and O–H groups in total. The summed E-state index contributed by atoms with van der Waals surface area (Å²) in [6.45, 7) is 0.564. The first-order valence-electron chi connectivity index (χ1n) is 5.38. The fourth-order valence-corrected chi connectivity index (χ4v) is 1.52. The number of aryl methyl sites for hydroxylation is 1. The van der Waals surface area contributed by atoms with E-state index in [1.54, 1.807) is 12.1 Å². The van der Waals surface area contributed by atoms with Crippen molar-refractivity contribution in [2.24, 2.45) is 5.73 Å². The van der Waals surface area contributed by atoms with Gasteiger partial charge in [0.25, 0.3) is 0 Å². The van der Waals surface area contributed by atoms with Gasteiger partial charge in [-0.3, -0.25) is 4.98 Å². The molecular formula is C11H14N4O2. The van der Waals surface area contributed by atoms with Crippen LogP contribution >= 0.6 is 0 Å². The third-order valence-electron chi connectivity index (χ3n) is 2.38. The maximum Gasteiger partial charge on any atom is 0.348 e. The number of aromatic hydroxyl groups is 1. The molecule has 6 heteroatoms. The van der Waals surface area contributed by atoms with E-state index >= 15 is 0 Å². The average Bonchev–Trinajstić information content (AvgIpc) is 2.69. The van der Waals surface area contributed by atoms with Crippen LogP contribution in [0.2, 0.25) is 0 Å². The lowest BCUT2D eigenvalue weighted by Gasteiger charge is -1.98. The number of rotatable bonds is 4. The molecule has 1 aromatic carbocycles. The Labute approximate surface area is 97.7 Å². The summed E-state index contributed by atoms with van der Waals surface area (Å²) in [7, 11) is 0. The van der Waals surface area contributed by atoms with Gasteiger partial charge in [-0.25, -0.2) is 4.79 Å². The smallest absolute Gasteiger partial charge is 0.348 e. The van der Waals surface area contributed by atoms with Crippen LogP contribution in [0.25, 0.3) is 5.69 Å². The van der Waals surface area contributed by atoms with E-state index in [-0.39, 0.29) is 11.4 Å². The molecule has 0 aliphatic carbocycles. The third kappa shape index (κ3) is 2.54. The maximum atomic E-state index is 11.6. The molecule has 17 heavy (non-hydrogen) atoms. The molecule has 0 bridgehead atoms. The fraction of sp³-hybridized carbons (Fsp3) is 0.273. The Kier molecular flexibility index (Phi) is 3.24. The minimum Gasteiger partial charge on any atom is -0.508 e. The first-order chi connectivity index (χ1) is 8.20. The van der Waals surface area contributed by atoms with Gasteiger partial charge in [-0.05, 0) is 37.2 Å². The Hall–Kier alpha value is -2.08. The summed E-state index contributed by atoms with van der Waals surface area (Å²) >= 11 is 0. The van der Waals surface area contributed by atoms with E-state index in [2.05, 4.69) is 10.1 Å². The van der Waals surface area contributed by atoms with Crippen molar-refractivity contribution >= 4 is 0 Å². The Morgan fingerprint density at radius 2 is 2.06 bits per heavy atom. The predicted molar refractivity (Wildman–Crippen MR) is 63.2 cm³/mol. The molecule has 1 aromatic heterocycles. The topological polar surface area (TPSA) is 96.9 Å². The van der Waals surface area contributed by atoms with Crippen LogP contribution in [-0.2, 0) is 6.42 Å². The molecule has 2 aromatic rings. The molecule has 0 unspecified atom stereocenters. The molecular weight excluding hydrogens is 220 g/mol. The number of aromatic nitrogens is 3. The van der Waals surface area contributed by atoms with Gasteiger partial charge in [0, 0.05) is 6.42 Å². The van der Waals surface area contributed by atoms with Gasteiger partial charge in [-0.15, -0.1) is 0 Å². The molecule has 90 valence electrons. The quantitative estimate of drug-likeness (QED) is 0.701. The highest BCUT2D eigenvalue weighted by molar-refractivity contribution is 5.35. The average molecular weight is 234 g/mol. The van der Waals surface area contributed by atoms with Gasteiger partial charge in [0.15, 0.2) is 0 Å². The number of nitrogens with two attached hydrogens (primary N) is 1. The van der Waals surface area contributed by atoms with Crippen molar-refractivity contribution in [1.29, 1.82) is 0 Å². The molecule has 2 rings (SSSR count). The second-order valence-electron chi connectivity index (χ2n) is 3.70. The van der Waals surface area contributed by atoms with Crippen LogP contribution in [-0.4, -0.2) is 26.4 Å². The maximum absolute atomic E-state index is 11.6. The van der Waals surface area contributed by atoms with Crippen LogP contribution in [0.5, 0.6) is 5.75 Å². The first-order valence-corrected chi connectivity index (χ1v) is 5.38. The number of nitrogens with one attached hydrogen (secondary N) is 1. The van der Waals surface area contributed by atoms with Crippen molar-refractivity contribution in [3.05, 3.63) is 40.6 Å². The lowest BCUT2D eigenvalue weighted by Crippen LogP contribution is -2.15. The van der Waals surface area contributed by atoms with Crippen LogP contribution in [0.1, 0.15) is 12.2 Å². The first kappa shape index (κ1) is 11.4. The highest BCUT2D eigenvalue weighted by Gasteiger charge is 2.06. The van der Waals surface area contributed by atoms with E-state index < -0.39 is 0 Å². The monoisotopic (exact) mass is 234 g/mol. The van der Waals surface area contributed by atoms with Gasteiger partial charge < -0.3 is 10.8 Å². The Bertz CT molecular complexity index is 541. The van der Waals surface area contributed by atoms with Crippen molar-refractivity contribution in [2.45, 2.75) is 12.8 Å². The molecule has 0 spiro atoms. The summed E-state index contributed by atoms with van der Waals surface area (Å²) < 4.78 is 1.27. The molecule has 0 radical (unpaired) electrons. The lowest BCUT2D eigenvalue weighted by atomic mass is 10.3. The van der Waals surface area contributed by atoms with Gasteiger partial charge >= 0.3 is 5.69 Å². The zero-order valence-electron chi connectivity index (χ0n) is 9.26. The molecule has 0 aliphatic heterocycles. The summed E-state index contributed by atoms with van der Waals surface area (Å²) in [6, 6.07) is 6.28. The van der Waals surface area contributed by atoms with Gasteiger partial charge in [0.1, 0.15) is 11.6 Å². The van der Waals surface area contributed by atoms with Gasteiger partial charge in [0.2, 0.25) is 0 Å². The van der Waals surface area contributed by atoms with Crippen molar-refractivity contribution < 1.29 is 5.11 Å². The van der Waals surface area contributed by atoms with Gasteiger partial charge in [0.05, 0.1) is 5.69 Å². The SMILES string of the molecule is NCCCc1nn(-c2ccc(O)cc2)c(=O)[nH]1. The Morgan fingerprint density at radius 1 is 1.35 bits per heavy atom. The predicted octanol–water partition coefficient (Wildman–Crippen LogP) is 0.157. The minimum atomic E-state index is -0.289. The zero-order valence-corrected chi connectivity index (χ0v) is 9.26. The normalized spacial score (nSPS) is 10.6. The van der Waals surface area contributed by atoms with E-state index in [0.29, 0.717) is 24.5 Å². The molecule has 0 fully saturated rings. The summed E-state index contributed by atoms with van der Waals surface area (Å²) in [4.78, 5) is 14.3. The number of phenolic OH excluding ortho intramolecular Hbond substituents is 1. The Balaban J connectivity index is 2.29. The standard InChI is InChI=1S/C11H14N4O2/c12-7-1-2-10-13-11(17)15(14-10)8-3-5-9(16)6-4-8/h3-6,16H,1-2,7,12H2,(H,13,14,17). The molecule has 0 amide bonds. The summed E-state index contributed by atoms with van der Waals surface area (Å²) in [5, 5.41) is 13.3.